The van der Waals surface area contributed by atoms with Crippen molar-refractivity contribution in [3.8, 4) is 0 Å². The predicted octanol–water partition coefficient (Wildman–Crippen LogP) is 2.90. The third-order valence-corrected chi connectivity index (χ3v) is 4.15. The summed E-state index contributed by atoms with van der Waals surface area (Å²) in [6.07, 6.45) is 8.22. The minimum Gasteiger partial charge on any atom is -0.373 e. The van der Waals surface area contributed by atoms with E-state index in [9.17, 15) is 0 Å². The van der Waals surface area contributed by atoms with Crippen LogP contribution in [-0.2, 0) is 6.54 Å². The fraction of sp³-hybridized carbons (Fsp3) is 0.412. The van der Waals surface area contributed by atoms with Crippen LogP contribution in [0.5, 0.6) is 0 Å². The summed E-state index contributed by atoms with van der Waals surface area (Å²) in [5, 5.41) is 3.12. The van der Waals surface area contributed by atoms with Gasteiger partial charge in [-0.25, -0.2) is 4.98 Å². The van der Waals surface area contributed by atoms with Gasteiger partial charge in [0.2, 0.25) is 0 Å². The normalized spacial score (nSPS) is 19.4. The molecule has 2 aromatic rings. The molecular formula is C17H22N4. The third kappa shape index (κ3) is 3.58. The van der Waals surface area contributed by atoms with E-state index in [0.717, 1.165) is 18.9 Å². The van der Waals surface area contributed by atoms with E-state index in [1.54, 1.807) is 0 Å². The lowest BCUT2D eigenvalue weighted by Gasteiger charge is -2.33. The van der Waals surface area contributed by atoms with E-state index in [-0.39, 0.29) is 0 Å². The molecule has 1 unspecified atom stereocenters. The lowest BCUT2D eigenvalue weighted by molar-refractivity contribution is 0.200. The molecule has 21 heavy (non-hydrogen) atoms. The number of anilines is 1. The summed E-state index contributed by atoms with van der Waals surface area (Å²) < 4.78 is 0. The maximum absolute atomic E-state index is 4.31. The molecule has 110 valence electrons. The van der Waals surface area contributed by atoms with Crippen LogP contribution in [0.4, 0.5) is 5.82 Å². The molecule has 4 nitrogen and oxygen atoms in total. The predicted molar refractivity (Wildman–Crippen MR) is 85.3 cm³/mol. The zero-order valence-electron chi connectivity index (χ0n) is 12.5. The van der Waals surface area contributed by atoms with Gasteiger partial charge in [0.1, 0.15) is 5.82 Å². The van der Waals surface area contributed by atoms with E-state index < -0.39 is 0 Å². The average molecular weight is 282 g/mol. The van der Waals surface area contributed by atoms with Crippen LogP contribution in [0.1, 0.15) is 29.9 Å². The molecule has 0 radical (unpaired) electrons. The monoisotopic (exact) mass is 282 g/mol. The van der Waals surface area contributed by atoms with E-state index >= 15 is 0 Å². The minimum absolute atomic E-state index is 0.602. The molecule has 3 rings (SSSR count). The SMILES string of the molecule is CNc1cc(C2CCCN(Cc3cccnc3)C2)ccn1. The summed E-state index contributed by atoms with van der Waals surface area (Å²) in [6.45, 7) is 3.28. The first-order valence-corrected chi connectivity index (χ1v) is 7.60. The molecule has 3 heterocycles. The highest BCUT2D eigenvalue weighted by atomic mass is 15.1. The first-order valence-electron chi connectivity index (χ1n) is 7.60. The third-order valence-electron chi connectivity index (χ3n) is 4.15. The average Bonchev–Trinajstić information content (AvgIpc) is 2.56. The lowest BCUT2D eigenvalue weighted by Crippen LogP contribution is -2.33. The summed E-state index contributed by atoms with van der Waals surface area (Å²) in [5.74, 6) is 1.56. The Kier molecular flexibility index (Phi) is 4.46. The van der Waals surface area contributed by atoms with Crippen molar-refractivity contribution >= 4 is 5.82 Å². The molecular weight excluding hydrogens is 260 g/mol. The number of rotatable bonds is 4. The van der Waals surface area contributed by atoms with Gasteiger partial charge in [0.25, 0.3) is 0 Å². The van der Waals surface area contributed by atoms with Gasteiger partial charge in [-0.1, -0.05) is 6.07 Å². The second-order valence-electron chi connectivity index (χ2n) is 5.66. The fourth-order valence-corrected chi connectivity index (χ4v) is 3.06. The van der Waals surface area contributed by atoms with Crippen molar-refractivity contribution in [3.05, 3.63) is 54.0 Å². The first-order chi connectivity index (χ1) is 10.3. The number of aromatic nitrogens is 2. The maximum atomic E-state index is 4.31. The van der Waals surface area contributed by atoms with Crippen molar-refractivity contribution < 1.29 is 0 Å². The number of nitrogens with zero attached hydrogens (tertiary/aromatic N) is 3. The largest absolute Gasteiger partial charge is 0.373 e. The highest BCUT2D eigenvalue weighted by Crippen LogP contribution is 2.28. The Morgan fingerprint density at radius 3 is 3.10 bits per heavy atom. The van der Waals surface area contributed by atoms with Crippen LogP contribution in [0.15, 0.2) is 42.9 Å². The molecule has 0 spiro atoms. The number of likely N-dealkylation sites (tertiary alicyclic amines) is 1. The molecule has 0 saturated carbocycles. The van der Waals surface area contributed by atoms with E-state index in [0.29, 0.717) is 5.92 Å². The van der Waals surface area contributed by atoms with Crippen LogP contribution in [-0.4, -0.2) is 35.0 Å². The number of hydrogen-bond donors (Lipinski definition) is 1. The molecule has 1 N–H and O–H groups in total. The number of nitrogens with one attached hydrogen (secondary N) is 1. The highest BCUT2D eigenvalue weighted by Gasteiger charge is 2.21. The maximum Gasteiger partial charge on any atom is 0.125 e. The van der Waals surface area contributed by atoms with Crippen molar-refractivity contribution in [1.82, 2.24) is 14.9 Å². The zero-order chi connectivity index (χ0) is 14.5. The minimum atomic E-state index is 0.602. The molecule has 0 aromatic carbocycles. The summed E-state index contributed by atoms with van der Waals surface area (Å²) in [4.78, 5) is 11.0. The Labute approximate surface area is 126 Å². The van der Waals surface area contributed by atoms with Gasteiger partial charge in [-0.15, -0.1) is 0 Å². The molecule has 1 fully saturated rings. The molecule has 1 aliphatic heterocycles. The van der Waals surface area contributed by atoms with E-state index in [1.807, 2.05) is 31.7 Å². The standard InChI is InChI=1S/C17H22N4/c1-18-17-10-15(6-8-20-17)16-5-3-9-21(13-16)12-14-4-2-7-19-11-14/h2,4,6-8,10-11,16H,3,5,9,12-13H2,1H3,(H,18,20). The smallest absolute Gasteiger partial charge is 0.125 e. The van der Waals surface area contributed by atoms with Crippen molar-refractivity contribution in [2.45, 2.75) is 25.3 Å². The second kappa shape index (κ2) is 6.68. The Morgan fingerprint density at radius 2 is 2.29 bits per heavy atom. The Bertz CT molecular complexity index is 570. The van der Waals surface area contributed by atoms with Gasteiger partial charge >= 0.3 is 0 Å². The van der Waals surface area contributed by atoms with E-state index in [1.165, 1.54) is 30.5 Å². The van der Waals surface area contributed by atoms with Crippen molar-refractivity contribution in [3.63, 3.8) is 0 Å². The van der Waals surface area contributed by atoms with E-state index in [4.69, 9.17) is 0 Å². The Balaban J connectivity index is 1.67. The zero-order valence-corrected chi connectivity index (χ0v) is 12.5. The first kappa shape index (κ1) is 14.0. The summed E-state index contributed by atoms with van der Waals surface area (Å²) in [7, 11) is 1.92. The van der Waals surface area contributed by atoms with Crippen LogP contribution in [0.2, 0.25) is 0 Å². The lowest BCUT2D eigenvalue weighted by atomic mass is 9.91. The Hall–Kier alpha value is -1.94. The molecule has 1 aliphatic rings. The number of hydrogen-bond acceptors (Lipinski definition) is 4. The van der Waals surface area contributed by atoms with Crippen LogP contribution in [0.25, 0.3) is 0 Å². The molecule has 1 saturated heterocycles. The molecule has 0 bridgehead atoms. The van der Waals surface area contributed by atoms with Gasteiger partial charge < -0.3 is 5.32 Å². The highest BCUT2D eigenvalue weighted by molar-refractivity contribution is 5.38. The quantitative estimate of drug-likeness (QED) is 0.936. The van der Waals surface area contributed by atoms with Crippen molar-refractivity contribution in [2.75, 3.05) is 25.5 Å². The van der Waals surface area contributed by atoms with Gasteiger partial charge in [0.05, 0.1) is 0 Å². The summed E-state index contributed by atoms with van der Waals surface area (Å²) >= 11 is 0. The molecule has 1 atom stereocenters. The van der Waals surface area contributed by atoms with Crippen LogP contribution < -0.4 is 5.32 Å². The van der Waals surface area contributed by atoms with Gasteiger partial charge in [0.15, 0.2) is 0 Å². The van der Waals surface area contributed by atoms with E-state index in [2.05, 4.69) is 38.4 Å². The number of piperidine rings is 1. The fourth-order valence-electron chi connectivity index (χ4n) is 3.06. The van der Waals surface area contributed by atoms with Crippen molar-refractivity contribution in [1.29, 1.82) is 0 Å². The Morgan fingerprint density at radius 1 is 1.33 bits per heavy atom. The molecule has 2 aromatic heterocycles. The summed E-state index contributed by atoms with van der Waals surface area (Å²) in [6, 6.07) is 8.50. The molecule has 0 aliphatic carbocycles. The van der Waals surface area contributed by atoms with Gasteiger partial charge in [-0.05, 0) is 54.6 Å². The topological polar surface area (TPSA) is 41.0 Å². The van der Waals surface area contributed by atoms with Gasteiger partial charge in [0, 0.05) is 38.7 Å². The summed E-state index contributed by atoms with van der Waals surface area (Å²) in [5.41, 5.74) is 2.69. The molecule has 0 amide bonds. The number of pyridine rings is 2. The van der Waals surface area contributed by atoms with Gasteiger partial charge in [-0.2, -0.15) is 0 Å². The van der Waals surface area contributed by atoms with Crippen molar-refractivity contribution in [2.24, 2.45) is 0 Å². The van der Waals surface area contributed by atoms with Crippen LogP contribution in [0, 0.1) is 0 Å². The van der Waals surface area contributed by atoms with Crippen LogP contribution >= 0.6 is 0 Å². The van der Waals surface area contributed by atoms with Crippen LogP contribution in [0.3, 0.4) is 0 Å². The second-order valence-corrected chi connectivity index (χ2v) is 5.66. The molecule has 4 heteroatoms. The van der Waals surface area contributed by atoms with Gasteiger partial charge in [-0.3, -0.25) is 9.88 Å².